The van der Waals surface area contributed by atoms with Gasteiger partial charge in [-0.05, 0) is 50.7 Å². The van der Waals surface area contributed by atoms with Crippen LogP contribution in [0, 0.1) is 19.8 Å². The predicted octanol–water partition coefficient (Wildman–Crippen LogP) is 4.64. The molecule has 2 aromatic rings. The van der Waals surface area contributed by atoms with Gasteiger partial charge in [0.25, 0.3) is 5.91 Å². The summed E-state index contributed by atoms with van der Waals surface area (Å²) in [4.78, 5) is 26.0. The molecular weight excluding hydrogens is 364 g/mol. The second kappa shape index (κ2) is 9.29. The molecular formula is C24H32N2O3. The lowest BCUT2D eigenvalue weighted by molar-refractivity contribution is 0.0513. The van der Waals surface area contributed by atoms with E-state index in [1.807, 2.05) is 48.7 Å². The predicted molar refractivity (Wildman–Crippen MR) is 114 cm³/mol. The van der Waals surface area contributed by atoms with Gasteiger partial charge in [0.1, 0.15) is 5.69 Å². The molecule has 1 amide bonds. The van der Waals surface area contributed by atoms with Crippen molar-refractivity contribution in [1.29, 1.82) is 0 Å². The van der Waals surface area contributed by atoms with Crippen LogP contribution in [0.1, 0.15) is 77.2 Å². The summed E-state index contributed by atoms with van der Waals surface area (Å²) in [6, 6.07) is 10.2. The molecule has 1 aliphatic carbocycles. The van der Waals surface area contributed by atoms with Gasteiger partial charge in [-0.1, -0.05) is 50.1 Å². The minimum atomic E-state index is -0.380. The Hall–Kier alpha value is -2.56. The van der Waals surface area contributed by atoms with Gasteiger partial charge in [0.2, 0.25) is 0 Å². The van der Waals surface area contributed by atoms with Gasteiger partial charge < -0.3 is 14.6 Å². The van der Waals surface area contributed by atoms with Crippen molar-refractivity contribution in [2.75, 3.05) is 6.61 Å². The van der Waals surface area contributed by atoms with E-state index in [-0.39, 0.29) is 17.9 Å². The van der Waals surface area contributed by atoms with Gasteiger partial charge >= 0.3 is 5.97 Å². The highest BCUT2D eigenvalue weighted by atomic mass is 16.5. The standard InChI is InChI=1S/C24H32N2O3/c1-5-29-24(28)22-17(3)21(23(27)25-20-14-10-9-11-16(20)2)18(4)26(22)15-19-12-7-6-8-13-19/h6-8,12-13,16,20H,5,9-11,14-15H2,1-4H3,(H,25,27). The van der Waals surface area contributed by atoms with Gasteiger partial charge in [0.05, 0.1) is 12.2 Å². The van der Waals surface area contributed by atoms with E-state index in [1.54, 1.807) is 6.92 Å². The van der Waals surface area contributed by atoms with E-state index in [1.165, 1.54) is 6.42 Å². The highest BCUT2D eigenvalue weighted by Crippen LogP contribution is 2.27. The van der Waals surface area contributed by atoms with Crippen molar-refractivity contribution in [2.24, 2.45) is 5.92 Å². The first-order valence-electron chi connectivity index (χ1n) is 10.7. The van der Waals surface area contributed by atoms with Crippen molar-refractivity contribution < 1.29 is 14.3 Å². The SMILES string of the molecule is CCOC(=O)c1c(C)c(C(=O)NC2CCCCC2C)c(C)n1Cc1ccccc1. The number of amides is 1. The third kappa shape index (κ3) is 4.55. The molecule has 5 nitrogen and oxygen atoms in total. The zero-order valence-electron chi connectivity index (χ0n) is 18.0. The fraction of sp³-hybridized carbons (Fsp3) is 0.500. The Morgan fingerprint density at radius 1 is 1.14 bits per heavy atom. The molecule has 0 bridgehead atoms. The molecule has 0 spiro atoms. The Morgan fingerprint density at radius 3 is 2.48 bits per heavy atom. The van der Waals surface area contributed by atoms with Crippen molar-refractivity contribution in [3.63, 3.8) is 0 Å². The normalized spacial score (nSPS) is 19.0. The molecule has 1 aliphatic rings. The van der Waals surface area contributed by atoms with E-state index < -0.39 is 0 Å². The van der Waals surface area contributed by atoms with Crippen LogP contribution < -0.4 is 5.32 Å². The molecule has 1 fully saturated rings. The summed E-state index contributed by atoms with van der Waals surface area (Å²) in [7, 11) is 0. The fourth-order valence-electron chi connectivity index (χ4n) is 4.43. The van der Waals surface area contributed by atoms with Gasteiger partial charge in [0, 0.05) is 18.3 Å². The summed E-state index contributed by atoms with van der Waals surface area (Å²) >= 11 is 0. The molecule has 0 radical (unpaired) electrons. The molecule has 1 N–H and O–H groups in total. The second-order valence-electron chi connectivity index (χ2n) is 8.07. The van der Waals surface area contributed by atoms with Crippen molar-refractivity contribution >= 4 is 11.9 Å². The average Bonchev–Trinajstić information content (AvgIpc) is 2.94. The van der Waals surface area contributed by atoms with Crippen LogP contribution in [0.25, 0.3) is 0 Å². The zero-order chi connectivity index (χ0) is 21.0. The smallest absolute Gasteiger partial charge is 0.355 e. The molecule has 3 rings (SSSR count). The van der Waals surface area contributed by atoms with E-state index in [9.17, 15) is 9.59 Å². The lowest BCUT2D eigenvalue weighted by atomic mass is 9.86. The van der Waals surface area contributed by atoms with Crippen LogP contribution in [0.4, 0.5) is 0 Å². The van der Waals surface area contributed by atoms with Crippen LogP contribution in [0.15, 0.2) is 30.3 Å². The molecule has 2 unspecified atom stereocenters. The molecule has 1 saturated carbocycles. The minimum Gasteiger partial charge on any atom is -0.461 e. The summed E-state index contributed by atoms with van der Waals surface area (Å²) in [6.45, 7) is 8.58. The van der Waals surface area contributed by atoms with E-state index >= 15 is 0 Å². The highest BCUT2D eigenvalue weighted by molar-refractivity contribution is 6.01. The number of carbonyl (C=O) groups is 2. The fourth-order valence-corrected chi connectivity index (χ4v) is 4.43. The van der Waals surface area contributed by atoms with E-state index in [4.69, 9.17) is 4.74 Å². The van der Waals surface area contributed by atoms with Crippen molar-refractivity contribution in [3.05, 3.63) is 58.4 Å². The van der Waals surface area contributed by atoms with E-state index in [2.05, 4.69) is 12.2 Å². The van der Waals surface area contributed by atoms with Crippen molar-refractivity contribution in [1.82, 2.24) is 9.88 Å². The maximum Gasteiger partial charge on any atom is 0.355 e. The summed E-state index contributed by atoms with van der Waals surface area (Å²) in [6.07, 6.45) is 4.54. The number of aromatic nitrogens is 1. The summed E-state index contributed by atoms with van der Waals surface area (Å²) in [5, 5.41) is 3.24. The van der Waals surface area contributed by atoms with Gasteiger partial charge in [-0.3, -0.25) is 4.79 Å². The number of ether oxygens (including phenoxy) is 1. The van der Waals surface area contributed by atoms with Crippen LogP contribution in [-0.4, -0.2) is 29.1 Å². The van der Waals surface area contributed by atoms with Crippen LogP contribution in [0.2, 0.25) is 0 Å². The van der Waals surface area contributed by atoms with Crippen LogP contribution in [0.3, 0.4) is 0 Å². The first-order chi connectivity index (χ1) is 13.9. The maximum absolute atomic E-state index is 13.2. The summed E-state index contributed by atoms with van der Waals surface area (Å²) < 4.78 is 7.23. The average molecular weight is 397 g/mol. The third-order valence-electron chi connectivity index (χ3n) is 6.07. The van der Waals surface area contributed by atoms with Crippen LogP contribution in [-0.2, 0) is 11.3 Å². The quantitative estimate of drug-likeness (QED) is 0.724. The molecule has 29 heavy (non-hydrogen) atoms. The number of nitrogens with one attached hydrogen (secondary N) is 1. The number of carbonyl (C=O) groups excluding carboxylic acids is 2. The first kappa shape index (κ1) is 21.2. The number of rotatable bonds is 6. The van der Waals surface area contributed by atoms with Gasteiger partial charge in [0.15, 0.2) is 0 Å². The molecule has 1 aromatic carbocycles. The molecule has 1 heterocycles. The first-order valence-corrected chi connectivity index (χ1v) is 10.7. The number of esters is 1. The molecule has 5 heteroatoms. The molecule has 156 valence electrons. The van der Waals surface area contributed by atoms with Gasteiger partial charge in [-0.15, -0.1) is 0 Å². The molecule has 0 aliphatic heterocycles. The van der Waals surface area contributed by atoms with Gasteiger partial charge in [-0.25, -0.2) is 4.79 Å². The largest absolute Gasteiger partial charge is 0.461 e. The topological polar surface area (TPSA) is 60.3 Å². The summed E-state index contributed by atoms with van der Waals surface area (Å²) in [5.74, 6) is 0.00877. The number of hydrogen-bond donors (Lipinski definition) is 1. The van der Waals surface area contributed by atoms with Crippen molar-refractivity contribution in [2.45, 2.75) is 66.0 Å². The highest BCUT2D eigenvalue weighted by Gasteiger charge is 2.30. The zero-order valence-corrected chi connectivity index (χ0v) is 18.0. The minimum absolute atomic E-state index is 0.0869. The van der Waals surface area contributed by atoms with E-state index in [0.717, 1.165) is 30.5 Å². The number of benzene rings is 1. The van der Waals surface area contributed by atoms with Crippen molar-refractivity contribution in [3.8, 4) is 0 Å². The Morgan fingerprint density at radius 2 is 1.83 bits per heavy atom. The lowest BCUT2D eigenvalue weighted by Crippen LogP contribution is -2.41. The molecule has 2 atom stereocenters. The lowest BCUT2D eigenvalue weighted by Gasteiger charge is -2.29. The monoisotopic (exact) mass is 396 g/mol. The number of hydrogen-bond acceptors (Lipinski definition) is 3. The Kier molecular flexibility index (Phi) is 6.78. The third-order valence-corrected chi connectivity index (χ3v) is 6.07. The Labute approximate surface area is 173 Å². The van der Waals surface area contributed by atoms with Crippen LogP contribution >= 0.6 is 0 Å². The van der Waals surface area contributed by atoms with E-state index in [0.29, 0.717) is 35.9 Å². The maximum atomic E-state index is 13.2. The summed E-state index contributed by atoms with van der Waals surface area (Å²) in [5.41, 5.74) is 3.63. The van der Waals surface area contributed by atoms with Gasteiger partial charge in [-0.2, -0.15) is 0 Å². The Balaban J connectivity index is 1.97. The Bertz CT molecular complexity index is 870. The molecule has 0 saturated heterocycles. The number of nitrogens with zero attached hydrogens (tertiary/aromatic N) is 1. The second-order valence-corrected chi connectivity index (χ2v) is 8.07. The van der Waals surface area contributed by atoms with Crippen LogP contribution in [0.5, 0.6) is 0 Å². The molecule has 1 aromatic heterocycles.